The third kappa shape index (κ3) is 2.81. The van der Waals surface area contributed by atoms with E-state index in [-0.39, 0.29) is 5.92 Å². The molecule has 0 aliphatic heterocycles. The molecule has 0 saturated heterocycles. The Balaban J connectivity index is 2.06. The van der Waals surface area contributed by atoms with Gasteiger partial charge in [-0.25, -0.2) is 4.98 Å². The number of nitrogens with zero attached hydrogens (tertiary/aromatic N) is 1. The van der Waals surface area contributed by atoms with Crippen LogP contribution in [0, 0.1) is 5.92 Å². The van der Waals surface area contributed by atoms with Gasteiger partial charge in [0.15, 0.2) is 0 Å². The molecule has 4 nitrogen and oxygen atoms in total. The lowest BCUT2D eigenvalue weighted by atomic mass is 9.98. The van der Waals surface area contributed by atoms with Gasteiger partial charge in [-0.3, -0.25) is 4.79 Å². The van der Waals surface area contributed by atoms with E-state index >= 15 is 0 Å². The molecule has 1 aromatic heterocycles. The van der Waals surface area contributed by atoms with Gasteiger partial charge in [-0.05, 0) is 46.8 Å². The summed E-state index contributed by atoms with van der Waals surface area (Å²) < 4.78 is 0.869. The van der Waals surface area contributed by atoms with E-state index in [0.717, 1.165) is 22.3 Å². The number of hydrogen-bond donors (Lipinski definition) is 2. The van der Waals surface area contributed by atoms with E-state index in [1.54, 1.807) is 6.20 Å². The van der Waals surface area contributed by atoms with Gasteiger partial charge in [-0.2, -0.15) is 0 Å². The van der Waals surface area contributed by atoms with Gasteiger partial charge in [0.2, 0.25) is 0 Å². The zero-order valence-electron chi connectivity index (χ0n) is 9.10. The molecule has 3 N–H and O–H groups in total. The Kier molecular flexibility index (Phi) is 3.75. The highest BCUT2D eigenvalue weighted by molar-refractivity contribution is 9.10. The van der Waals surface area contributed by atoms with E-state index in [1.165, 1.54) is 11.8 Å². The molecule has 92 valence electrons. The molecule has 17 heavy (non-hydrogen) atoms. The van der Waals surface area contributed by atoms with Gasteiger partial charge < -0.3 is 10.8 Å². The molecular formula is C11H13BrN2O2S. The van der Waals surface area contributed by atoms with Crippen molar-refractivity contribution in [1.82, 2.24) is 4.98 Å². The molecule has 1 unspecified atom stereocenters. The minimum absolute atomic E-state index is 0.106. The molecule has 0 bridgehead atoms. The van der Waals surface area contributed by atoms with Crippen LogP contribution in [-0.4, -0.2) is 27.4 Å². The minimum atomic E-state index is -1.12. The van der Waals surface area contributed by atoms with Crippen LogP contribution in [0.25, 0.3) is 0 Å². The van der Waals surface area contributed by atoms with Crippen LogP contribution >= 0.6 is 27.7 Å². The smallest absolute Gasteiger partial charge is 0.324 e. The maximum absolute atomic E-state index is 11.2. The van der Waals surface area contributed by atoms with Crippen LogP contribution in [-0.2, 0) is 4.79 Å². The second kappa shape index (κ2) is 4.96. The van der Waals surface area contributed by atoms with E-state index in [9.17, 15) is 9.90 Å². The van der Waals surface area contributed by atoms with E-state index in [4.69, 9.17) is 5.73 Å². The summed E-state index contributed by atoms with van der Waals surface area (Å²) in [7, 11) is 0. The zero-order chi connectivity index (χ0) is 12.5. The van der Waals surface area contributed by atoms with Gasteiger partial charge in [0, 0.05) is 16.4 Å². The summed E-state index contributed by atoms with van der Waals surface area (Å²) >= 11 is 4.77. The summed E-state index contributed by atoms with van der Waals surface area (Å²) in [5, 5.41) is 10.0. The lowest BCUT2D eigenvalue weighted by Crippen LogP contribution is -2.52. The number of carbonyl (C=O) groups is 1. The van der Waals surface area contributed by atoms with Crippen LogP contribution in [0.3, 0.4) is 0 Å². The summed E-state index contributed by atoms with van der Waals surface area (Å²) in [4.78, 5) is 15.4. The maximum Gasteiger partial charge on any atom is 0.324 e. The molecule has 0 aromatic carbocycles. The average Bonchev–Trinajstić information content (AvgIpc) is 3.11. The van der Waals surface area contributed by atoms with E-state index < -0.39 is 11.5 Å². The molecule has 2 rings (SSSR count). The zero-order valence-corrected chi connectivity index (χ0v) is 11.5. The third-order valence-corrected chi connectivity index (χ3v) is 5.00. The van der Waals surface area contributed by atoms with Crippen LogP contribution in [0.15, 0.2) is 27.8 Å². The fourth-order valence-corrected chi connectivity index (χ4v) is 3.29. The van der Waals surface area contributed by atoms with Crippen molar-refractivity contribution < 1.29 is 9.90 Å². The first-order chi connectivity index (χ1) is 8.04. The Morgan fingerprint density at radius 2 is 2.41 bits per heavy atom. The fraction of sp³-hybridized carbons (Fsp3) is 0.455. The number of thioether (sulfide) groups is 1. The van der Waals surface area contributed by atoms with Crippen molar-refractivity contribution in [3.63, 3.8) is 0 Å². The van der Waals surface area contributed by atoms with Gasteiger partial charge in [0.05, 0.1) is 0 Å². The lowest BCUT2D eigenvalue weighted by molar-refractivity contribution is -0.143. The van der Waals surface area contributed by atoms with Crippen LogP contribution in [0.4, 0.5) is 0 Å². The molecule has 1 heterocycles. The quantitative estimate of drug-likeness (QED) is 0.814. The highest BCUT2D eigenvalue weighted by atomic mass is 79.9. The third-order valence-electron chi connectivity index (χ3n) is 2.88. The number of pyridine rings is 1. The Labute approximate surface area is 112 Å². The molecule has 1 saturated carbocycles. The number of aromatic nitrogens is 1. The molecule has 1 aromatic rings. The summed E-state index contributed by atoms with van der Waals surface area (Å²) in [6, 6.07) is 3.70. The second-order valence-electron chi connectivity index (χ2n) is 4.20. The number of hydrogen-bond acceptors (Lipinski definition) is 4. The van der Waals surface area contributed by atoms with Crippen molar-refractivity contribution in [2.45, 2.75) is 23.4 Å². The van der Waals surface area contributed by atoms with Gasteiger partial charge in [-0.15, -0.1) is 11.8 Å². The number of carboxylic acids is 1. The van der Waals surface area contributed by atoms with Crippen LogP contribution in [0.1, 0.15) is 12.8 Å². The fourth-order valence-electron chi connectivity index (χ4n) is 1.62. The van der Waals surface area contributed by atoms with Gasteiger partial charge in [0.25, 0.3) is 0 Å². The van der Waals surface area contributed by atoms with Crippen molar-refractivity contribution in [2.24, 2.45) is 11.7 Å². The molecule has 1 atom stereocenters. The average molecular weight is 317 g/mol. The van der Waals surface area contributed by atoms with Crippen molar-refractivity contribution >= 4 is 33.7 Å². The summed E-state index contributed by atoms with van der Waals surface area (Å²) in [6.07, 6.45) is 3.50. The highest BCUT2D eigenvalue weighted by Gasteiger charge is 2.48. The predicted molar refractivity (Wildman–Crippen MR) is 69.9 cm³/mol. The number of carboxylic acid groups (broad SMARTS) is 1. The Bertz CT molecular complexity index is 439. The SMILES string of the molecule is NC(CSc1ncccc1Br)(C(=O)O)C1CC1. The normalized spacial score (nSPS) is 18.7. The number of nitrogens with two attached hydrogens (primary N) is 1. The molecule has 0 spiro atoms. The minimum Gasteiger partial charge on any atom is -0.480 e. The Morgan fingerprint density at radius 3 is 2.94 bits per heavy atom. The van der Waals surface area contributed by atoms with Crippen LogP contribution < -0.4 is 5.73 Å². The summed E-state index contributed by atoms with van der Waals surface area (Å²) in [6.45, 7) is 0. The van der Waals surface area contributed by atoms with E-state index in [2.05, 4.69) is 20.9 Å². The predicted octanol–water partition coefficient (Wildman–Crippen LogP) is 2.13. The second-order valence-corrected chi connectivity index (χ2v) is 6.02. The molecule has 0 amide bonds. The molecule has 1 aliphatic rings. The lowest BCUT2D eigenvalue weighted by Gasteiger charge is -2.23. The van der Waals surface area contributed by atoms with Crippen molar-refractivity contribution in [3.8, 4) is 0 Å². The van der Waals surface area contributed by atoms with Crippen molar-refractivity contribution in [2.75, 3.05) is 5.75 Å². The highest BCUT2D eigenvalue weighted by Crippen LogP contribution is 2.41. The van der Waals surface area contributed by atoms with Crippen LogP contribution in [0.2, 0.25) is 0 Å². The van der Waals surface area contributed by atoms with E-state index in [0.29, 0.717) is 5.75 Å². The Morgan fingerprint density at radius 1 is 1.71 bits per heavy atom. The monoisotopic (exact) mass is 316 g/mol. The first kappa shape index (κ1) is 12.9. The molecule has 6 heteroatoms. The first-order valence-corrected chi connectivity index (χ1v) is 7.07. The largest absolute Gasteiger partial charge is 0.480 e. The van der Waals surface area contributed by atoms with Crippen molar-refractivity contribution in [1.29, 1.82) is 0 Å². The number of rotatable bonds is 5. The topological polar surface area (TPSA) is 76.2 Å². The van der Waals surface area contributed by atoms with Gasteiger partial charge in [0.1, 0.15) is 10.6 Å². The number of aliphatic carboxylic acids is 1. The molecule has 1 fully saturated rings. The molecule has 0 radical (unpaired) electrons. The standard InChI is InChI=1S/C11H13BrN2O2S/c12-8-2-1-5-14-9(8)17-6-11(13,10(15)16)7-3-4-7/h1-2,5,7H,3-4,6,13H2,(H,15,16). The maximum atomic E-state index is 11.2. The van der Waals surface area contributed by atoms with Crippen molar-refractivity contribution in [3.05, 3.63) is 22.8 Å². The van der Waals surface area contributed by atoms with Gasteiger partial charge in [-0.1, -0.05) is 0 Å². The van der Waals surface area contributed by atoms with E-state index in [1.807, 2.05) is 12.1 Å². The summed E-state index contributed by atoms with van der Waals surface area (Å²) in [5.41, 5.74) is 4.86. The Hall–Kier alpha value is -0.590. The first-order valence-electron chi connectivity index (χ1n) is 5.29. The van der Waals surface area contributed by atoms with Gasteiger partial charge >= 0.3 is 5.97 Å². The number of halogens is 1. The summed E-state index contributed by atoms with van der Waals surface area (Å²) in [5.74, 6) is -0.461. The molecule has 1 aliphatic carbocycles. The van der Waals surface area contributed by atoms with Crippen LogP contribution in [0.5, 0.6) is 0 Å². The molecular weight excluding hydrogens is 304 g/mol.